The van der Waals surface area contributed by atoms with Gasteiger partial charge >= 0.3 is 6.03 Å². The van der Waals surface area contributed by atoms with Gasteiger partial charge in [-0.2, -0.15) is 0 Å². The van der Waals surface area contributed by atoms with Gasteiger partial charge in [0.1, 0.15) is 0 Å². The summed E-state index contributed by atoms with van der Waals surface area (Å²) < 4.78 is 11.9. The lowest BCUT2D eigenvalue weighted by molar-refractivity contribution is 0.237. The largest absolute Gasteiger partial charge is 0.396 e. The van der Waals surface area contributed by atoms with E-state index in [0.29, 0.717) is 17.9 Å². The van der Waals surface area contributed by atoms with Crippen LogP contribution in [0.1, 0.15) is 46.1 Å². The molecule has 3 N–H and O–H groups in total. The van der Waals surface area contributed by atoms with Gasteiger partial charge in [0, 0.05) is 39.6 Å². The quantitative estimate of drug-likeness (QED) is 0.714. The summed E-state index contributed by atoms with van der Waals surface area (Å²) in [4.78, 5) is 12.0. The summed E-state index contributed by atoms with van der Waals surface area (Å²) in [6, 6.07) is 7.06. The topological polar surface area (TPSA) is 78.4 Å². The van der Waals surface area contributed by atoms with Crippen LogP contribution in [0.15, 0.2) is 24.3 Å². The maximum absolute atomic E-state index is 12.2. The zero-order chi connectivity index (χ0) is 17.5. The van der Waals surface area contributed by atoms with Crippen LogP contribution in [0.5, 0.6) is 0 Å². The molecule has 6 heteroatoms. The zero-order valence-corrected chi connectivity index (χ0v) is 15.2. The van der Waals surface area contributed by atoms with Crippen LogP contribution < -0.4 is 10.6 Å². The molecular weight excluding hydrogens is 312 g/mol. The van der Waals surface area contributed by atoms with E-state index in [4.69, 9.17) is 5.11 Å². The molecule has 0 aliphatic carbocycles. The van der Waals surface area contributed by atoms with Crippen molar-refractivity contribution < 1.29 is 14.1 Å². The molecule has 0 aromatic heterocycles. The molecule has 0 fully saturated rings. The Balaban J connectivity index is 2.66. The molecule has 1 aromatic carbocycles. The van der Waals surface area contributed by atoms with Crippen LogP contribution >= 0.6 is 0 Å². The number of carbonyl (C=O) groups excluding carboxylic acids is 1. The first-order chi connectivity index (χ1) is 10.8. The fourth-order valence-corrected chi connectivity index (χ4v) is 2.91. The molecule has 0 spiro atoms. The standard InChI is InChI=1S/C17H28N2O3S/c1-5-14(9-10-20)18-16(21)19-15-8-6-7-13(11-15)12-23(22)17(2,3)4/h6-8,11,14,20H,5,9-10,12H2,1-4H3,(H2,18,19,21). The summed E-state index contributed by atoms with van der Waals surface area (Å²) in [5.74, 6) is 0.461. The molecule has 0 saturated carbocycles. The van der Waals surface area contributed by atoms with E-state index in [2.05, 4.69) is 10.6 Å². The molecule has 0 radical (unpaired) electrons. The van der Waals surface area contributed by atoms with E-state index in [-0.39, 0.29) is 23.4 Å². The monoisotopic (exact) mass is 340 g/mol. The van der Waals surface area contributed by atoms with E-state index in [9.17, 15) is 9.00 Å². The number of carbonyl (C=O) groups is 1. The molecule has 23 heavy (non-hydrogen) atoms. The summed E-state index contributed by atoms with van der Waals surface area (Å²) in [5, 5.41) is 14.6. The second-order valence-corrected chi connectivity index (χ2v) is 8.72. The molecule has 0 aliphatic heterocycles. The van der Waals surface area contributed by atoms with E-state index in [1.54, 1.807) is 6.07 Å². The molecule has 0 aliphatic rings. The average molecular weight is 340 g/mol. The van der Waals surface area contributed by atoms with Crippen LogP contribution in [0.25, 0.3) is 0 Å². The van der Waals surface area contributed by atoms with Gasteiger partial charge < -0.3 is 15.7 Å². The minimum Gasteiger partial charge on any atom is -0.396 e. The lowest BCUT2D eigenvalue weighted by atomic mass is 10.1. The first-order valence-electron chi connectivity index (χ1n) is 7.92. The van der Waals surface area contributed by atoms with Gasteiger partial charge in [0.15, 0.2) is 0 Å². The Labute approximate surface area is 141 Å². The van der Waals surface area contributed by atoms with Gasteiger partial charge in [-0.15, -0.1) is 0 Å². The van der Waals surface area contributed by atoms with Crippen molar-refractivity contribution in [3.63, 3.8) is 0 Å². The Kier molecular flexibility index (Phi) is 7.72. The van der Waals surface area contributed by atoms with E-state index in [1.165, 1.54) is 0 Å². The smallest absolute Gasteiger partial charge is 0.319 e. The van der Waals surface area contributed by atoms with Gasteiger partial charge in [0.05, 0.1) is 0 Å². The third-order valence-electron chi connectivity index (χ3n) is 3.47. The number of aliphatic hydroxyl groups is 1. The molecule has 2 amide bonds. The van der Waals surface area contributed by atoms with E-state index in [1.807, 2.05) is 45.9 Å². The highest BCUT2D eigenvalue weighted by atomic mass is 32.2. The van der Waals surface area contributed by atoms with Crippen molar-refractivity contribution in [3.8, 4) is 0 Å². The number of hydrogen-bond donors (Lipinski definition) is 3. The third kappa shape index (κ3) is 7.14. The zero-order valence-electron chi connectivity index (χ0n) is 14.4. The molecule has 130 valence electrons. The summed E-state index contributed by atoms with van der Waals surface area (Å²) in [6.07, 6.45) is 1.30. The Hall–Kier alpha value is -1.40. The summed E-state index contributed by atoms with van der Waals surface area (Å²) in [6.45, 7) is 7.86. The highest BCUT2D eigenvalue weighted by Gasteiger charge is 2.19. The second kappa shape index (κ2) is 9.03. The number of amides is 2. The van der Waals surface area contributed by atoms with Crippen molar-refractivity contribution >= 4 is 22.5 Å². The average Bonchev–Trinajstić information content (AvgIpc) is 2.46. The Morgan fingerprint density at radius 2 is 2.04 bits per heavy atom. The van der Waals surface area contributed by atoms with Gasteiger partial charge in [-0.25, -0.2) is 4.79 Å². The van der Waals surface area contributed by atoms with E-state index in [0.717, 1.165) is 12.0 Å². The molecule has 2 unspecified atom stereocenters. The van der Waals surface area contributed by atoms with Crippen LogP contribution in [-0.2, 0) is 16.6 Å². The maximum atomic E-state index is 12.2. The molecule has 1 rings (SSSR count). The number of urea groups is 1. The Morgan fingerprint density at radius 1 is 1.35 bits per heavy atom. The van der Waals surface area contributed by atoms with Crippen molar-refractivity contribution in [1.29, 1.82) is 0 Å². The molecule has 5 nitrogen and oxygen atoms in total. The van der Waals surface area contributed by atoms with Crippen LogP contribution in [0.2, 0.25) is 0 Å². The van der Waals surface area contributed by atoms with Crippen molar-refractivity contribution in [2.75, 3.05) is 11.9 Å². The fraction of sp³-hybridized carbons (Fsp3) is 0.588. The van der Waals surface area contributed by atoms with Gasteiger partial charge in [0.25, 0.3) is 0 Å². The SMILES string of the molecule is CCC(CCO)NC(=O)Nc1cccc(CS(=O)C(C)(C)C)c1. The summed E-state index contributed by atoms with van der Waals surface area (Å²) in [7, 11) is -0.979. The van der Waals surface area contributed by atoms with Gasteiger partial charge in [-0.1, -0.05) is 19.1 Å². The number of rotatable bonds is 7. The molecule has 0 heterocycles. The third-order valence-corrected chi connectivity index (χ3v) is 5.43. The number of hydrogen-bond acceptors (Lipinski definition) is 3. The Morgan fingerprint density at radius 3 is 2.61 bits per heavy atom. The summed E-state index contributed by atoms with van der Waals surface area (Å²) >= 11 is 0. The molecule has 0 saturated heterocycles. The van der Waals surface area contributed by atoms with Crippen molar-refractivity contribution in [3.05, 3.63) is 29.8 Å². The van der Waals surface area contributed by atoms with E-state index < -0.39 is 10.8 Å². The highest BCUT2D eigenvalue weighted by Crippen LogP contribution is 2.18. The minimum atomic E-state index is -0.979. The first-order valence-corrected chi connectivity index (χ1v) is 9.24. The van der Waals surface area contributed by atoms with Crippen molar-refractivity contribution in [1.82, 2.24) is 5.32 Å². The molecular formula is C17H28N2O3S. The van der Waals surface area contributed by atoms with Crippen LogP contribution in [0.3, 0.4) is 0 Å². The van der Waals surface area contributed by atoms with Gasteiger partial charge in [-0.3, -0.25) is 4.21 Å². The normalized spacial score (nSPS) is 14.1. The number of benzene rings is 1. The lowest BCUT2D eigenvalue weighted by Crippen LogP contribution is -2.38. The van der Waals surface area contributed by atoms with Crippen molar-refractivity contribution in [2.45, 2.75) is 57.1 Å². The molecule has 0 bridgehead atoms. The van der Waals surface area contributed by atoms with Crippen molar-refractivity contribution in [2.24, 2.45) is 0 Å². The number of anilines is 1. The van der Waals surface area contributed by atoms with Crippen LogP contribution in [0.4, 0.5) is 10.5 Å². The van der Waals surface area contributed by atoms with Crippen LogP contribution in [0, 0.1) is 0 Å². The Bertz CT molecular complexity index is 541. The number of aliphatic hydroxyl groups excluding tert-OH is 1. The van der Waals surface area contributed by atoms with Gasteiger partial charge in [0.2, 0.25) is 0 Å². The van der Waals surface area contributed by atoms with Crippen LogP contribution in [-0.4, -0.2) is 32.7 Å². The summed E-state index contributed by atoms with van der Waals surface area (Å²) in [5.41, 5.74) is 1.60. The van der Waals surface area contributed by atoms with E-state index >= 15 is 0 Å². The maximum Gasteiger partial charge on any atom is 0.319 e. The number of nitrogens with one attached hydrogen (secondary N) is 2. The predicted molar refractivity (Wildman–Crippen MR) is 96.0 cm³/mol. The predicted octanol–water partition coefficient (Wildman–Crippen LogP) is 3.02. The highest BCUT2D eigenvalue weighted by molar-refractivity contribution is 7.85. The fourth-order valence-electron chi connectivity index (χ4n) is 1.99. The van der Waals surface area contributed by atoms with Gasteiger partial charge in [-0.05, 0) is 51.3 Å². The second-order valence-electron chi connectivity index (χ2n) is 6.52. The lowest BCUT2D eigenvalue weighted by Gasteiger charge is -2.18. The minimum absolute atomic E-state index is 0.0448. The molecule has 1 aromatic rings. The molecule has 2 atom stereocenters. The first kappa shape index (κ1) is 19.6.